The van der Waals surface area contributed by atoms with Crippen molar-refractivity contribution in [3.63, 3.8) is 0 Å². The third kappa shape index (κ3) is 2.94. The number of nitrogens with two attached hydrogens (primary N) is 2. The van der Waals surface area contributed by atoms with Gasteiger partial charge in [0.1, 0.15) is 0 Å². The lowest BCUT2D eigenvalue weighted by molar-refractivity contribution is 0.251. The van der Waals surface area contributed by atoms with Crippen LogP contribution in [0.4, 0.5) is 0 Å². The van der Waals surface area contributed by atoms with Crippen molar-refractivity contribution in [1.82, 2.24) is 0 Å². The fourth-order valence-corrected chi connectivity index (χ4v) is 2.86. The maximum Gasteiger partial charge on any atom is 0.0595 e. The van der Waals surface area contributed by atoms with Crippen LogP contribution in [0, 0.1) is 0 Å². The second-order valence-electron chi connectivity index (χ2n) is 5.01. The highest BCUT2D eigenvalue weighted by Crippen LogP contribution is 2.30. The lowest BCUT2D eigenvalue weighted by Gasteiger charge is -2.39. The number of hydrogen-bond acceptors (Lipinski definition) is 2. The molecule has 4 heteroatoms. The molecule has 1 aliphatic rings. The van der Waals surface area contributed by atoms with Gasteiger partial charge in [-0.25, -0.2) is 0 Å². The third-order valence-corrected chi connectivity index (χ3v) is 4.40. The quantitative estimate of drug-likeness (QED) is 0.869. The van der Waals surface area contributed by atoms with Gasteiger partial charge in [-0.05, 0) is 37.0 Å². The van der Waals surface area contributed by atoms with Gasteiger partial charge in [0, 0.05) is 11.6 Å². The van der Waals surface area contributed by atoms with E-state index in [0.717, 1.165) is 31.2 Å². The molecule has 94 valence electrons. The van der Waals surface area contributed by atoms with E-state index in [-0.39, 0.29) is 11.6 Å². The zero-order valence-corrected chi connectivity index (χ0v) is 11.3. The lowest BCUT2D eigenvalue weighted by atomic mass is 9.75. The summed E-state index contributed by atoms with van der Waals surface area (Å²) in [7, 11) is 0. The average molecular weight is 273 g/mol. The van der Waals surface area contributed by atoms with Crippen LogP contribution in [-0.2, 0) is 6.42 Å². The van der Waals surface area contributed by atoms with Gasteiger partial charge in [-0.1, -0.05) is 42.1 Å². The summed E-state index contributed by atoms with van der Waals surface area (Å²) in [5.41, 5.74) is 13.4. The van der Waals surface area contributed by atoms with Crippen molar-refractivity contribution in [2.24, 2.45) is 11.5 Å². The van der Waals surface area contributed by atoms with Crippen LogP contribution in [-0.4, -0.2) is 11.6 Å². The second kappa shape index (κ2) is 5.15. The van der Waals surface area contributed by atoms with Crippen LogP contribution in [0.3, 0.4) is 0 Å². The summed E-state index contributed by atoms with van der Waals surface area (Å²) < 4.78 is 0. The van der Waals surface area contributed by atoms with Crippen LogP contribution in [0.2, 0.25) is 10.0 Å². The Morgan fingerprint density at radius 3 is 2.65 bits per heavy atom. The SMILES string of the molecule is NC1CCCCC1(N)Cc1ccc(Cl)c(Cl)c1. The van der Waals surface area contributed by atoms with Crippen molar-refractivity contribution in [3.05, 3.63) is 33.8 Å². The molecule has 1 aromatic carbocycles. The predicted octanol–water partition coefficient (Wildman–Crippen LogP) is 3.13. The molecule has 0 bridgehead atoms. The van der Waals surface area contributed by atoms with Crippen LogP contribution >= 0.6 is 23.2 Å². The zero-order valence-electron chi connectivity index (χ0n) is 9.76. The minimum atomic E-state index is -0.296. The first kappa shape index (κ1) is 13.2. The molecule has 2 rings (SSSR count). The first-order valence-electron chi connectivity index (χ1n) is 6.00. The number of hydrogen-bond donors (Lipinski definition) is 2. The van der Waals surface area contributed by atoms with Gasteiger partial charge in [0.25, 0.3) is 0 Å². The minimum absolute atomic E-state index is 0.0747. The van der Waals surface area contributed by atoms with Crippen LogP contribution in [0.25, 0.3) is 0 Å². The van der Waals surface area contributed by atoms with E-state index in [9.17, 15) is 0 Å². The van der Waals surface area contributed by atoms with Gasteiger partial charge in [-0.3, -0.25) is 0 Å². The maximum atomic E-state index is 6.42. The van der Waals surface area contributed by atoms with Crippen LogP contribution in [0.15, 0.2) is 18.2 Å². The van der Waals surface area contributed by atoms with Crippen molar-refractivity contribution in [1.29, 1.82) is 0 Å². The molecular weight excluding hydrogens is 255 g/mol. The van der Waals surface area contributed by atoms with Gasteiger partial charge in [-0.2, -0.15) is 0 Å². The molecular formula is C13H18Cl2N2. The molecule has 2 atom stereocenters. The van der Waals surface area contributed by atoms with Crippen molar-refractivity contribution in [3.8, 4) is 0 Å². The molecule has 0 amide bonds. The number of benzene rings is 1. The standard InChI is InChI=1S/C13H18Cl2N2/c14-10-5-4-9(7-11(10)15)8-13(17)6-2-1-3-12(13)16/h4-5,7,12H,1-3,6,8,16-17H2. The van der Waals surface area contributed by atoms with Gasteiger partial charge in [-0.15, -0.1) is 0 Å². The topological polar surface area (TPSA) is 52.0 Å². The van der Waals surface area contributed by atoms with Crippen LogP contribution in [0.5, 0.6) is 0 Å². The summed E-state index contributed by atoms with van der Waals surface area (Å²) in [6.07, 6.45) is 5.10. The van der Waals surface area contributed by atoms with E-state index >= 15 is 0 Å². The lowest BCUT2D eigenvalue weighted by Crippen LogP contribution is -2.58. The van der Waals surface area contributed by atoms with E-state index < -0.39 is 0 Å². The van der Waals surface area contributed by atoms with E-state index in [1.54, 1.807) is 0 Å². The Morgan fingerprint density at radius 1 is 1.24 bits per heavy atom. The fraction of sp³-hybridized carbons (Fsp3) is 0.538. The van der Waals surface area contributed by atoms with Crippen molar-refractivity contribution in [2.75, 3.05) is 0 Å². The highest BCUT2D eigenvalue weighted by Gasteiger charge is 2.34. The Balaban J connectivity index is 2.16. The van der Waals surface area contributed by atoms with Crippen LogP contribution < -0.4 is 11.5 Å². The van der Waals surface area contributed by atoms with E-state index in [1.807, 2.05) is 18.2 Å². The molecule has 0 saturated heterocycles. The van der Waals surface area contributed by atoms with E-state index in [4.69, 9.17) is 34.7 Å². The molecule has 0 heterocycles. The largest absolute Gasteiger partial charge is 0.326 e. The van der Waals surface area contributed by atoms with E-state index in [1.165, 1.54) is 6.42 Å². The Labute approximate surface area is 112 Å². The van der Waals surface area contributed by atoms with Gasteiger partial charge in [0.2, 0.25) is 0 Å². The highest BCUT2D eigenvalue weighted by molar-refractivity contribution is 6.42. The fourth-order valence-electron chi connectivity index (χ4n) is 2.54. The summed E-state index contributed by atoms with van der Waals surface area (Å²) in [6, 6.07) is 5.76. The van der Waals surface area contributed by atoms with Gasteiger partial charge in [0.05, 0.1) is 10.0 Å². The number of halogens is 2. The van der Waals surface area contributed by atoms with E-state index in [2.05, 4.69) is 0 Å². The molecule has 0 radical (unpaired) electrons. The molecule has 1 saturated carbocycles. The summed E-state index contributed by atoms with van der Waals surface area (Å²) in [5.74, 6) is 0. The molecule has 0 aromatic heterocycles. The van der Waals surface area contributed by atoms with Crippen molar-refractivity contribution >= 4 is 23.2 Å². The molecule has 2 unspecified atom stereocenters. The Bertz CT molecular complexity index is 408. The molecule has 4 N–H and O–H groups in total. The summed E-state index contributed by atoms with van der Waals surface area (Å²) >= 11 is 11.9. The average Bonchev–Trinajstić information content (AvgIpc) is 2.28. The normalized spacial score (nSPS) is 29.3. The van der Waals surface area contributed by atoms with Crippen molar-refractivity contribution in [2.45, 2.75) is 43.7 Å². The minimum Gasteiger partial charge on any atom is -0.326 e. The summed E-state index contributed by atoms with van der Waals surface area (Å²) in [4.78, 5) is 0. The van der Waals surface area contributed by atoms with Crippen molar-refractivity contribution < 1.29 is 0 Å². The van der Waals surface area contributed by atoms with Gasteiger partial charge in [0.15, 0.2) is 0 Å². The molecule has 2 nitrogen and oxygen atoms in total. The predicted molar refractivity (Wildman–Crippen MR) is 73.5 cm³/mol. The molecule has 0 spiro atoms. The maximum absolute atomic E-state index is 6.42. The molecule has 17 heavy (non-hydrogen) atoms. The number of rotatable bonds is 2. The van der Waals surface area contributed by atoms with E-state index in [0.29, 0.717) is 10.0 Å². The summed E-state index contributed by atoms with van der Waals surface area (Å²) in [6.45, 7) is 0. The molecule has 1 aliphatic carbocycles. The molecule has 1 fully saturated rings. The Morgan fingerprint density at radius 2 is 2.00 bits per heavy atom. The highest BCUT2D eigenvalue weighted by atomic mass is 35.5. The monoisotopic (exact) mass is 272 g/mol. The van der Waals surface area contributed by atoms with Gasteiger partial charge >= 0.3 is 0 Å². The second-order valence-corrected chi connectivity index (χ2v) is 5.83. The Kier molecular flexibility index (Phi) is 3.99. The van der Waals surface area contributed by atoms with Crippen LogP contribution in [0.1, 0.15) is 31.2 Å². The van der Waals surface area contributed by atoms with Gasteiger partial charge < -0.3 is 11.5 Å². The molecule has 1 aromatic rings. The summed E-state index contributed by atoms with van der Waals surface area (Å²) in [5, 5.41) is 1.16. The first-order valence-corrected chi connectivity index (χ1v) is 6.75. The zero-order chi connectivity index (χ0) is 12.5. The molecule has 0 aliphatic heterocycles. The smallest absolute Gasteiger partial charge is 0.0595 e. The Hall–Kier alpha value is -0.280. The third-order valence-electron chi connectivity index (χ3n) is 3.66. The first-order chi connectivity index (χ1) is 8.01.